The molecule has 0 radical (unpaired) electrons. The Kier molecular flexibility index (Phi) is 5.72. The maximum Gasteiger partial charge on any atom is 0.410 e. The zero-order valence-corrected chi connectivity index (χ0v) is 15.6. The van der Waals surface area contributed by atoms with Gasteiger partial charge in [-0.1, -0.05) is 23.5 Å². The molecule has 1 N–H and O–H groups in total. The molecule has 0 fully saturated rings. The van der Waals surface area contributed by atoms with Crippen LogP contribution in [0.3, 0.4) is 0 Å². The highest BCUT2D eigenvalue weighted by molar-refractivity contribution is 7.15. The Morgan fingerprint density at radius 2 is 2.08 bits per heavy atom. The number of aromatic nitrogens is 1. The van der Waals surface area contributed by atoms with Crippen molar-refractivity contribution in [1.29, 1.82) is 0 Å². The molecule has 1 aromatic heterocycles. The minimum absolute atomic E-state index is 0.122. The third kappa shape index (κ3) is 4.32. The number of methoxy groups -OCH3 is 1. The molecule has 1 aliphatic heterocycles. The summed E-state index contributed by atoms with van der Waals surface area (Å²) in [7, 11) is 1.61. The standard InChI is InChI=1S/C18H21N3O4S/c1-3-25-18(23)21-9-8-14-15(11-21)26-17(19-14)20-16(22)10-12-4-6-13(24-2)7-5-12/h4-7H,3,8-11H2,1-2H3,(H,19,20,22). The summed E-state index contributed by atoms with van der Waals surface area (Å²) in [5.41, 5.74) is 1.84. The third-order valence-corrected chi connectivity index (χ3v) is 5.03. The summed E-state index contributed by atoms with van der Waals surface area (Å²) >= 11 is 1.41. The first-order valence-corrected chi connectivity index (χ1v) is 9.23. The van der Waals surface area contributed by atoms with Crippen LogP contribution in [0.1, 0.15) is 23.1 Å². The zero-order chi connectivity index (χ0) is 18.5. The fourth-order valence-electron chi connectivity index (χ4n) is 2.71. The van der Waals surface area contributed by atoms with E-state index in [9.17, 15) is 9.59 Å². The van der Waals surface area contributed by atoms with Gasteiger partial charge in [0.1, 0.15) is 5.75 Å². The van der Waals surface area contributed by atoms with Crippen LogP contribution in [0.15, 0.2) is 24.3 Å². The lowest BCUT2D eigenvalue weighted by Crippen LogP contribution is -2.35. The molecule has 0 aliphatic carbocycles. The van der Waals surface area contributed by atoms with Gasteiger partial charge in [0.15, 0.2) is 5.13 Å². The van der Waals surface area contributed by atoms with Crippen LogP contribution < -0.4 is 10.1 Å². The number of nitrogens with one attached hydrogen (secondary N) is 1. The fraction of sp³-hybridized carbons (Fsp3) is 0.389. The van der Waals surface area contributed by atoms with E-state index in [-0.39, 0.29) is 18.4 Å². The van der Waals surface area contributed by atoms with Gasteiger partial charge in [0.2, 0.25) is 5.91 Å². The second-order valence-electron chi connectivity index (χ2n) is 5.83. The smallest absolute Gasteiger partial charge is 0.410 e. The third-order valence-electron chi connectivity index (χ3n) is 4.03. The first-order chi connectivity index (χ1) is 12.6. The molecule has 2 aromatic rings. The summed E-state index contributed by atoms with van der Waals surface area (Å²) in [6, 6.07) is 7.38. The average molecular weight is 375 g/mol. The van der Waals surface area contributed by atoms with Crippen LogP contribution in [0.2, 0.25) is 0 Å². The topological polar surface area (TPSA) is 80.8 Å². The quantitative estimate of drug-likeness (QED) is 0.869. The summed E-state index contributed by atoms with van der Waals surface area (Å²) in [5, 5.41) is 3.42. The Balaban J connectivity index is 1.59. The molecule has 2 amide bonds. The second-order valence-corrected chi connectivity index (χ2v) is 6.92. The van der Waals surface area contributed by atoms with Gasteiger partial charge in [-0.3, -0.25) is 4.79 Å². The van der Waals surface area contributed by atoms with Crippen LogP contribution in [0.25, 0.3) is 0 Å². The van der Waals surface area contributed by atoms with Crippen molar-refractivity contribution in [3.63, 3.8) is 0 Å². The number of nitrogens with zero attached hydrogens (tertiary/aromatic N) is 2. The van der Waals surface area contributed by atoms with Crippen molar-refractivity contribution in [2.24, 2.45) is 0 Å². The van der Waals surface area contributed by atoms with Gasteiger partial charge < -0.3 is 19.7 Å². The average Bonchev–Trinajstić information content (AvgIpc) is 3.03. The summed E-state index contributed by atoms with van der Waals surface area (Å²) in [6.45, 7) is 3.20. The first kappa shape index (κ1) is 18.2. The van der Waals surface area contributed by atoms with Gasteiger partial charge in [-0.15, -0.1) is 0 Å². The molecule has 2 heterocycles. The van der Waals surface area contributed by atoms with Crippen molar-refractivity contribution < 1.29 is 19.1 Å². The van der Waals surface area contributed by atoms with Crippen molar-refractivity contribution in [1.82, 2.24) is 9.88 Å². The summed E-state index contributed by atoms with van der Waals surface area (Å²) in [5.74, 6) is 0.636. The number of hydrogen-bond acceptors (Lipinski definition) is 6. The van der Waals surface area contributed by atoms with E-state index in [2.05, 4.69) is 10.3 Å². The summed E-state index contributed by atoms with van der Waals surface area (Å²) in [6.07, 6.45) is 0.624. The van der Waals surface area contributed by atoms with E-state index >= 15 is 0 Å². The minimum atomic E-state index is -0.309. The molecule has 26 heavy (non-hydrogen) atoms. The van der Waals surface area contributed by atoms with E-state index < -0.39 is 0 Å². The van der Waals surface area contributed by atoms with Crippen LogP contribution in [0.4, 0.5) is 9.93 Å². The molecule has 0 atom stereocenters. The summed E-state index contributed by atoms with van der Waals surface area (Å²) in [4.78, 5) is 31.2. The van der Waals surface area contributed by atoms with Gasteiger partial charge in [-0.2, -0.15) is 0 Å². The molecular weight excluding hydrogens is 354 g/mol. The molecule has 7 nitrogen and oxygen atoms in total. The second kappa shape index (κ2) is 8.18. The number of thiazole rings is 1. The SMILES string of the molecule is CCOC(=O)N1CCc2nc(NC(=O)Cc3ccc(OC)cc3)sc2C1. The van der Waals surface area contributed by atoms with Gasteiger partial charge in [-0.05, 0) is 24.6 Å². The van der Waals surface area contributed by atoms with Gasteiger partial charge in [-0.25, -0.2) is 9.78 Å². The highest BCUT2D eigenvalue weighted by Crippen LogP contribution is 2.28. The molecular formula is C18H21N3O4S. The van der Waals surface area contributed by atoms with E-state index in [4.69, 9.17) is 9.47 Å². The van der Waals surface area contributed by atoms with Gasteiger partial charge in [0.05, 0.1) is 32.4 Å². The molecule has 0 saturated carbocycles. The van der Waals surface area contributed by atoms with Crippen LogP contribution in [-0.2, 0) is 28.9 Å². The van der Waals surface area contributed by atoms with Crippen molar-refractivity contribution in [2.75, 3.05) is 25.6 Å². The molecule has 0 bridgehead atoms. The largest absolute Gasteiger partial charge is 0.497 e. The van der Waals surface area contributed by atoms with Gasteiger partial charge in [0.25, 0.3) is 0 Å². The Hall–Kier alpha value is -2.61. The van der Waals surface area contributed by atoms with Gasteiger partial charge in [0, 0.05) is 17.8 Å². The number of benzene rings is 1. The monoisotopic (exact) mass is 375 g/mol. The first-order valence-electron chi connectivity index (χ1n) is 8.42. The molecule has 0 spiro atoms. The predicted molar refractivity (Wildman–Crippen MR) is 98.6 cm³/mol. The van der Waals surface area contributed by atoms with E-state index in [0.717, 1.165) is 21.9 Å². The lowest BCUT2D eigenvalue weighted by molar-refractivity contribution is -0.115. The van der Waals surface area contributed by atoms with Crippen molar-refractivity contribution in [3.05, 3.63) is 40.4 Å². The highest BCUT2D eigenvalue weighted by Gasteiger charge is 2.25. The Morgan fingerprint density at radius 1 is 1.31 bits per heavy atom. The molecule has 138 valence electrons. The van der Waals surface area contributed by atoms with Crippen LogP contribution >= 0.6 is 11.3 Å². The summed E-state index contributed by atoms with van der Waals surface area (Å²) < 4.78 is 10.2. The van der Waals surface area contributed by atoms with Crippen molar-refractivity contribution >= 4 is 28.5 Å². The Morgan fingerprint density at radius 3 is 2.77 bits per heavy atom. The van der Waals surface area contributed by atoms with Gasteiger partial charge >= 0.3 is 6.09 Å². The van der Waals surface area contributed by atoms with Crippen LogP contribution in [0.5, 0.6) is 5.75 Å². The highest BCUT2D eigenvalue weighted by atomic mass is 32.1. The van der Waals surface area contributed by atoms with Crippen LogP contribution in [0, 0.1) is 0 Å². The number of carbonyl (C=O) groups excluding carboxylic acids is 2. The van der Waals surface area contributed by atoms with Crippen LogP contribution in [-0.4, -0.2) is 42.1 Å². The van der Waals surface area contributed by atoms with E-state index in [1.807, 2.05) is 24.3 Å². The molecule has 1 aliphatic rings. The molecule has 8 heteroatoms. The predicted octanol–water partition coefficient (Wildman–Crippen LogP) is 2.85. The number of ether oxygens (including phenoxy) is 2. The molecule has 0 saturated heterocycles. The molecule has 0 unspecified atom stereocenters. The Bertz CT molecular complexity index is 788. The maximum absolute atomic E-state index is 12.2. The molecule has 3 rings (SSSR count). The minimum Gasteiger partial charge on any atom is -0.497 e. The normalized spacial score (nSPS) is 13.1. The number of fused-ring (bicyclic) bond motifs is 1. The lowest BCUT2D eigenvalue weighted by atomic mass is 10.1. The van der Waals surface area contributed by atoms with E-state index in [0.29, 0.717) is 31.2 Å². The number of carbonyl (C=O) groups is 2. The van der Waals surface area contributed by atoms with Crippen molar-refractivity contribution in [3.8, 4) is 5.75 Å². The van der Waals surface area contributed by atoms with E-state index in [1.165, 1.54) is 11.3 Å². The fourth-order valence-corrected chi connectivity index (χ4v) is 3.75. The zero-order valence-electron chi connectivity index (χ0n) is 14.8. The van der Waals surface area contributed by atoms with E-state index in [1.54, 1.807) is 18.9 Å². The number of rotatable bonds is 5. The number of hydrogen-bond donors (Lipinski definition) is 1. The number of anilines is 1. The maximum atomic E-state index is 12.2. The Labute approximate surface area is 155 Å². The van der Waals surface area contributed by atoms with Crippen molar-refractivity contribution in [2.45, 2.75) is 26.3 Å². The number of amides is 2. The lowest BCUT2D eigenvalue weighted by Gasteiger charge is -2.24. The molecule has 1 aromatic carbocycles.